The monoisotopic (exact) mass is 267 g/mol. The molecular formula is C13H17NO5. The van der Waals surface area contributed by atoms with Crippen LogP contribution in [0.4, 0.5) is 0 Å². The first-order valence-electron chi connectivity index (χ1n) is 5.57. The number of hydrogen-bond donors (Lipinski definition) is 0. The molecule has 0 aliphatic carbocycles. The van der Waals surface area contributed by atoms with E-state index >= 15 is 0 Å². The molecule has 1 amide bonds. The van der Waals surface area contributed by atoms with Crippen molar-refractivity contribution < 1.29 is 23.8 Å². The Hall–Kier alpha value is -2.24. The highest BCUT2D eigenvalue weighted by Crippen LogP contribution is 2.24. The Labute approximate surface area is 111 Å². The van der Waals surface area contributed by atoms with Crippen molar-refractivity contribution in [1.82, 2.24) is 4.90 Å². The van der Waals surface area contributed by atoms with E-state index in [4.69, 9.17) is 9.47 Å². The predicted octanol–water partition coefficient (Wildman–Crippen LogP) is 0.835. The lowest BCUT2D eigenvalue weighted by atomic mass is 10.1. The standard InChI is InChI=1S/C13H17NO5/c1-14(12(15)13(16)19-4)8-9-7-10(17-2)5-6-11(9)18-3/h5-7H,8H2,1-4H3. The molecule has 0 heterocycles. The van der Waals surface area contributed by atoms with Gasteiger partial charge in [0.05, 0.1) is 21.3 Å². The maximum Gasteiger partial charge on any atom is 0.396 e. The zero-order valence-corrected chi connectivity index (χ0v) is 11.4. The third-order valence-electron chi connectivity index (χ3n) is 2.60. The number of nitrogens with zero attached hydrogens (tertiary/aromatic N) is 1. The van der Waals surface area contributed by atoms with Crippen LogP contribution >= 0.6 is 0 Å². The van der Waals surface area contributed by atoms with Gasteiger partial charge in [0.25, 0.3) is 0 Å². The lowest BCUT2D eigenvalue weighted by Crippen LogP contribution is -2.33. The quantitative estimate of drug-likeness (QED) is 0.597. The molecule has 19 heavy (non-hydrogen) atoms. The van der Waals surface area contributed by atoms with Crippen molar-refractivity contribution in [3.63, 3.8) is 0 Å². The molecule has 0 saturated heterocycles. The number of rotatable bonds is 4. The maximum absolute atomic E-state index is 11.6. The minimum Gasteiger partial charge on any atom is -0.497 e. The van der Waals surface area contributed by atoms with Gasteiger partial charge in [0.15, 0.2) is 0 Å². The largest absolute Gasteiger partial charge is 0.497 e. The first-order chi connectivity index (χ1) is 9.03. The Kier molecular flexibility index (Phi) is 5.17. The number of benzene rings is 1. The summed E-state index contributed by atoms with van der Waals surface area (Å²) in [5.74, 6) is -0.350. The van der Waals surface area contributed by atoms with Crippen LogP contribution in [0.2, 0.25) is 0 Å². The Morgan fingerprint density at radius 2 is 1.84 bits per heavy atom. The molecule has 0 atom stereocenters. The van der Waals surface area contributed by atoms with Crippen molar-refractivity contribution in [2.24, 2.45) is 0 Å². The van der Waals surface area contributed by atoms with E-state index in [1.807, 2.05) is 0 Å². The minimum absolute atomic E-state index is 0.217. The highest BCUT2D eigenvalue weighted by atomic mass is 16.5. The average molecular weight is 267 g/mol. The van der Waals surface area contributed by atoms with Crippen LogP contribution in [0.3, 0.4) is 0 Å². The van der Waals surface area contributed by atoms with Gasteiger partial charge in [-0.1, -0.05) is 0 Å². The molecule has 0 radical (unpaired) electrons. The summed E-state index contributed by atoms with van der Waals surface area (Å²) in [6.07, 6.45) is 0. The summed E-state index contributed by atoms with van der Waals surface area (Å²) in [5.41, 5.74) is 0.738. The Morgan fingerprint density at radius 1 is 1.16 bits per heavy atom. The van der Waals surface area contributed by atoms with Gasteiger partial charge in [0, 0.05) is 19.2 Å². The van der Waals surface area contributed by atoms with Crippen LogP contribution in [0.1, 0.15) is 5.56 Å². The number of carbonyl (C=O) groups is 2. The molecule has 104 valence electrons. The summed E-state index contributed by atoms with van der Waals surface area (Å²) in [4.78, 5) is 24.0. The second-order valence-corrected chi connectivity index (χ2v) is 3.83. The molecule has 6 heteroatoms. The lowest BCUT2D eigenvalue weighted by Gasteiger charge is -2.18. The number of ether oxygens (including phenoxy) is 3. The Balaban J connectivity index is 2.91. The summed E-state index contributed by atoms with van der Waals surface area (Å²) in [5, 5.41) is 0. The topological polar surface area (TPSA) is 65.1 Å². The normalized spacial score (nSPS) is 9.68. The first-order valence-corrected chi connectivity index (χ1v) is 5.57. The summed E-state index contributed by atoms with van der Waals surface area (Å²) < 4.78 is 14.7. The number of hydrogen-bond acceptors (Lipinski definition) is 5. The molecular weight excluding hydrogens is 250 g/mol. The van der Waals surface area contributed by atoms with Gasteiger partial charge >= 0.3 is 11.9 Å². The Morgan fingerprint density at radius 3 is 2.37 bits per heavy atom. The fourth-order valence-corrected chi connectivity index (χ4v) is 1.58. The highest BCUT2D eigenvalue weighted by molar-refractivity contribution is 6.32. The molecule has 0 aliphatic heterocycles. The fraction of sp³-hybridized carbons (Fsp3) is 0.385. The summed E-state index contributed by atoms with van der Waals surface area (Å²) >= 11 is 0. The van der Waals surface area contributed by atoms with Crippen molar-refractivity contribution in [1.29, 1.82) is 0 Å². The molecule has 6 nitrogen and oxygen atoms in total. The predicted molar refractivity (Wildman–Crippen MR) is 68.0 cm³/mol. The molecule has 0 spiro atoms. The number of amides is 1. The van der Waals surface area contributed by atoms with E-state index in [-0.39, 0.29) is 6.54 Å². The van der Waals surface area contributed by atoms with Gasteiger partial charge in [0.1, 0.15) is 11.5 Å². The van der Waals surface area contributed by atoms with Crippen LogP contribution in [0, 0.1) is 0 Å². The molecule has 0 N–H and O–H groups in total. The van der Waals surface area contributed by atoms with Gasteiger partial charge in [0.2, 0.25) is 0 Å². The molecule has 1 aromatic carbocycles. The van der Waals surface area contributed by atoms with Crippen LogP contribution in [-0.2, 0) is 20.9 Å². The number of likely N-dealkylation sites (N-methyl/N-ethyl adjacent to an activating group) is 1. The smallest absolute Gasteiger partial charge is 0.396 e. The number of esters is 1. The van der Waals surface area contributed by atoms with Crippen LogP contribution in [0.25, 0.3) is 0 Å². The van der Waals surface area contributed by atoms with Crippen molar-refractivity contribution in [3.05, 3.63) is 23.8 Å². The van der Waals surface area contributed by atoms with E-state index < -0.39 is 11.9 Å². The third-order valence-corrected chi connectivity index (χ3v) is 2.60. The van der Waals surface area contributed by atoms with Gasteiger partial charge < -0.3 is 19.1 Å². The molecule has 0 saturated carbocycles. The summed E-state index contributed by atoms with van der Waals surface area (Å²) in [6, 6.07) is 5.25. The van der Waals surface area contributed by atoms with E-state index in [0.717, 1.165) is 5.56 Å². The van der Waals surface area contributed by atoms with Crippen LogP contribution in [0.15, 0.2) is 18.2 Å². The van der Waals surface area contributed by atoms with Gasteiger partial charge in [-0.3, -0.25) is 4.79 Å². The van der Waals surface area contributed by atoms with Crippen molar-refractivity contribution >= 4 is 11.9 Å². The molecule has 1 rings (SSSR count). The van der Waals surface area contributed by atoms with E-state index in [0.29, 0.717) is 11.5 Å². The van der Waals surface area contributed by atoms with E-state index in [9.17, 15) is 9.59 Å². The Bertz CT molecular complexity index is 472. The third kappa shape index (κ3) is 3.61. The molecule has 1 aromatic rings. The second-order valence-electron chi connectivity index (χ2n) is 3.83. The fourth-order valence-electron chi connectivity index (χ4n) is 1.58. The zero-order chi connectivity index (χ0) is 14.4. The lowest BCUT2D eigenvalue weighted by molar-refractivity contribution is -0.157. The molecule has 0 unspecified atom stereocenters. The number of carbonyl (C=O) groups excluding carboxylic acids is 2. The maximum atomic E-state index is 11.6. The van der Waals surface area contributed by atoms with Gasteiger partial charge in [-0.2, -0.15) is 0 Å². The van der Waals surface area contributed by atoms with Gasteiger partial charge in [-0.05, 0) is 18.2 Å². The van der Waals surface area contributed by atoms with Gasteiger partial charge in [-0.15, -0.1) is 0 Å². The molecule has 0 fully saturated rings. The molecule has 0 aliphatic rings. The highest BCUT2D eigenvalue weighted by Gasteiger charge is 2.20. The average Bonchev–Trinajstić information content (AvgIpc) is 2.45. The van der Waals surface area contributed by atoms with Crippen LogP contribution in [-0.4, -0.2) is 45.2 Å². The number of methoxy groups -OCH3 is 3. The van der Waals surface area contributed by atoms with Crippen LogP contribution in [0.5, 0.6) is 11.5 Å². The van der Waals surface area contributed by atoms with Crippen molar-refractivity contribution in [2.75, 3.05) is 28.4 Å². The summed E-state index contributed by atoms with van der Waals surface area (Å²) in [6.45, 7) is 0.217. The molecule has 0 aromatic heterocycles. The van der Waals surface area contributed by atoms with E-state index in [1.54, 1.807) is 25.3 Å². The van der Waals surface area contributed by atoms with Crippen molar-refractivity contribution in [3.8, 4) is 11.5 Å². The van der Waals surface area contributed by atoms with E-state index in [2.05, 4.69) is 4.74 Å². The summed E-state index contributed by atoms with van der Waals surface area (Å²) in [7, 11) is 5.76. The van der Waals surface area contributed by atoms with Crippen LogP contribution < -0.4 is 9.47 Å². The molecule has 0 bridgehead atoms. The van der Waals surface area contributed by atoms with E-state index in [1.165, 1.54) is 26.2 Å². The van der Waals surface area contributed by atoms with Gasteiger partial charge in [-0.25, -0.2) is 4.79 Å². The zero-order valence-electron chi connectivity index (χ0n) is 11.4. The minimum atomic E-state index is -0.899. The second kappa shape index (κ2) is 6.63. The SMILES string of the molecule is COC(=O)C(=O)N(C)Cc1cc(OC)ccc1OC. The van der Waals surface area contributed by atoms with Crippen molar-refractivity contribution in [2.45, 2.75) is 6.54 Å². The first kappa shape index (κ1) is 14.8.